The monoisotopic (exact) mass is 410 g/mol. The van der Waals surface area contributed by atoms with Crippen LogP contribution in [0.15, 0.2) is 36.7 Å². The number of hydrogen-bond acceptors (Lipinski definition) is 8. The van der Waals surface area contributed by atoms with Gasteiger partial charge in [-0.05, 0) is 31.0 Å². The predicted molar refractivity (Wildman–Crippen MR) is 113 cm³/mol. The number of anilines is 1. The van der Waals surface area contributed by atoms with Crippen LogP contribution in [-0.4, -0.2) is 55.7 Å². The fourth-order valence-corrected chi connectivity index (χ4v) is 3.84. The Bertz CT molecular complexity index is 991. The Balaban J connectivity index is 1.53. The topological polar surface area (TPSA) is 78.8 Å². The molecule has 4 rings (SSSR count). The second kappa shape index (κ2) is 9.13. The van der Waals surface area contributed by atoms with E-state index in [2.05, 4.69) is 20.1 Å². The maximum Gasteiger partial charge on any atom is 0.204 e. The number of methoxy groups -OCH3 is 3. The van der Waals surface area contributed by atoms with E-state index < -0.39 is 0 Å². The highest BCUT2D eigenvalue weighted by molar-refractivity contribution is 5.99. The summed E-state index contributed by atoms with van der Waals surface area (Å²) in [5, 5.41) is 10.4. The van der Waals surface area contributed by atoms with Gasteiger partial charge in [-0.2, -0.15) is 5.10 Å². The van der Waals surface area contributed by atoms with E-state index in [1.165, 1.54) is 0 Å². The molecule has 2 aromatic heterocycles. The van der Waals surface area contributed by atoms with Crippen molar-refractivity contribution >= 4 is 16.6 Å². The average Bonchev–Trinajstić information content (AvgIpc) is 2.82. The largest absolute Gasteiger partial charge is 0.493 e. The lowest BCUT2D eigenvalue weighted by Gasteiger charge is -2.33. The lowest BCUT2D eigenvalue weighted by Crippen LogP contribution is -2.37. The third-order valence-electron chi connectivity index (χ3n) is 5.38. The summed E-state index contributed by atoms with van der Waals surface area (Å²) in [6, 6.07) is 7.80. The van der Waals surface area contributed by atoms with Crippen molar-refractivity contribution < 1.29 is 18.9 Å². The van der Waals surface area contributed by atoms with Gasteiger partial charge in [-0.25, -0.2) is 0 Å². The number of pyridine rings is 1. The molecule has 1 fully saturated rings. The van der Waals surface area contributed by atoms with Crippen molar-refractivity contribution in [2.75, 3.05) is 39.3 Å². The molecule has 0 bridgehead atoms. The van der Waals surface area contributed by atoms with E-state index in [9.17, 15) is 0 Å². The molecule has 1 aliphatic heterocycles. The lowest BCUT2D eigenvalue weighted by molar-refractivity contribution is 0.0234. The van der Waals surface area contributed by atoms with E-state index in [1.54, 1.807) is 33.7 Å². The molecule has 3 aromatic rings. The van der Waals surface area contributed by atoms with Crippen molar-refractivity contribution in [3.8, 4) is 17.2 Å². The number of rotatable bonds is 7. The van der Waals surface area contributed by atoms with Crippen LogP contribution in [0.2, 0.25) is 0 Å². The van der Waals surface area contributed by atoms with Gasteiger partial charge in [-0.15, -0.1) is 5.10 Å². The van der Waals surface area contributed by atoms with Crippen LogP contribution in [0.25, 0.3) is 10.8 Å². The molecule has 3 heterocycles. The highest BCUT2D eigenvalue weighted by atomic mass is 16.5. The van der Waals surface area contributed by atoms with E-state index in [-0.39, 0.29) is 6.10 Å². The molecule has 8 heteroatoms. The minimum Gasteiger partial charge on any atom is -0.493 e. The molecule has 0 unspecified atom stereocenters. The van der Waals surface area contributed by atoms with Gasteiger partial charge in [0.15, 0.2) is 17.3 Å². The summed E-state index contributed by atoms with van der Waals surface area (Å²) in [5.41, 5.74) is 0.952. The van der Waals surface area contributed by atoms with Crippen LogP contribution in [0.3, 0.4) is 0 Å². The Kier molecular flexibility index (Phi) is 6.13. The SMILES string of the molecule is COc1cc2c(N3CCC(OCc4ccccn4)CC3)nncc2c(OC)c1OC. The summed E-state index contributed by atoms with van der Waals surface area (Å²) < 4.78 is 22.7. The first-order chi connectivity index (χ1) is 14.7. The van der Waals surface area contributed by atoms with E-state index in [0.717, 1.165) is 48.2 Å². The van der Waals surface area contributed by atoms with Gasteiger partial charge in [0.05, 0.1) is 51.3 Å². The van der Waals surface area contributed by atoms with Gasteiger partial charge in [0.2, 0.25) is 5.75 Å². The second-order valence-corrected chi connectivity index (χ2v) is 7.09. The van der Waals surface area contributed by atoms with Crippen molar-refractivity contribution in [2.45, 2.75) is 25.6 Å². The third-order valence-corrected chi connectivity index (χ3v) is 5.38. The van der Waals surface area contributed by atoms with Crippen molar-refractivity contribution in [3.05, 3.63) is 42.4 Å². The summed E-state index contributed by atoms with van der Waals surface area (Å²) in [6.07, 6.45) is 5.51. The summed E-state index contributed by atoms with van der Waals surface area (Å²) in [6.45, 7) is 2.20. The Morgan fingerprint density at radius 1 is 1.00 bits per heavy atom. The van der Waals surface area contributed by atoms with Crippen LogP contribution < -0.4 is 19.1 Å². The van der Waals surface area contributed by atoms with Crippen LogP contribution >= 0.6 is 0 Å². The fourth-order valence-electron chi connectivity index (χ4n) is 3.84. The average molecular weight is 410 g/mol. The van der Waals surface area contributed by atoms with Gasteiger partial charge in [-0.1, -0.05) is 6.07 Å². The van der Waals surface area contributed by atoms with Gasteiger partial charge >= 0.3 is 0 Å². The predicted octanol–water partition coefficient (Wildman–Crippen LogP) is 3.24. The van der Waals surface area contributed by atoms with Crippen LogP contribution in [0.4, 0.5) is 5.82 Å². The molecule has 30 heavy (non-hydrogen) atoms. The van der Waals surface area contributed by atoms with Gasteiger partial charge in [-0.3, -0.25) is 4.98 Å². The van der Waals surface area contributed by atoms with E-state index in [1.807, 2.05) is 24.3 Å². The van der Waals surface area contributed by atoms with Gasteiger partial charge in [0.1, 0.15) is 0 Å². The summed E-state index contributed by atoms with van der Waals surface area (Å²) in [7, 11) is 4.82. The number of fused-ring (bicyclic) bond motifs is 1. The molecule has 158 valence electrons. The Labute approximate surface area is 175 Å². The molecule has 1 aliphatic rings. The molecule has 0 radical (unpaired) electrons. The van der Waals surface area contributed by atoms with Crippen molar-refractivity contribution in [2.24, 2.45) is 0 Å². The highest BCUT2D eigenvalue weighted by Gasteiger charge is 2.25. The van der Waals surface area contributed by atoms with Gasteiger partial charge in [0, 0.05) is 24.7 Å². The van der Waals surface area contributed by atoms with Crippen LogP contribution in [0.1, 0.15) is 18.5 Å². The lowest BCUT2D eigenvalue weighted by atomic mass is 10.1. The normalized spacial score (nSPS) is 14.7. The molecule has 0 amide bonds. The molecular weight excluding hydrogens is 384 g/mol. The minimum atomic E-state index is 0.204. The molecule has 0 spiro atoms. The first kappa shape index (κ1) is 20.2. The second-order valence-electron chi connectivity index (χ2n) is 7.09. The minimum absolute atomic E-state index is 0.204. The Morgan fingerprint density at radius 2 is 1.80 bits per heavy atom. The molecule has 1 aromatic carbocycles. The number of ether oxygens (including phenoxy) is 4. The maximum absolute atomic E-state index is 6.06. The van der Waals surface area contributed by atoms with E-state index >= 15 is 0 Å². The maximum atomic E-state index is 6.06. The summed E-state index contributed by atoms with van der Waals surface area (Å²) in [4.78, 5) is 6.56. The zero-order valence-corrected chi connectivity index (χ0v) is 17.5. The number of piperidine rings is 1. The summed E-state index contributed by atoms with van der Waals surface area (Å²) >= 11 is 0. The molecule has 0 saturated carbocycles. The van der Waals surface area contributed by atoms with Crippen molar-refractivity contribution in [1.29, 1.82) is 0 Å². The zero-order chi connectivity index (χ0) is 20.9. The van der Waals surface area contributed by atoms with Gasteiger partial charge in [0.25, 0.3) is 0 Å². The first-order valence-electron chi connectivity index (χ1n) is 9.96. The molecule has 0 aliphatic carbocycles. The van der Waals surface area contributed by atoms with Crippen molar-refractivity contribution in [1.82, 2.24) is 15.2 Å². The smallest absolute Gasteiger partial charge is 0.204 e. The number of nitrogens with zero attached hydrogens (tertiary/aromatic N) is 4. The quantitative estimate of drug-likeness (QED) is 0.587. The standard InChI is InChI=1S/C22H26N4O4/c1-27-19-12-17-18(20(28-2)21(19)29-3)13-24-25-22(17)26-10-7-16(8-11-26)30-14-15-6-4-5-9-23-15/h4-6,9,12-13,16H,7-8,10-11,14H2,1-3H3. The Hall–Kier alpha value is -3.13. The van der Waals surface area contributed by atoms with Gasteiger partial charge < -0.3 is 23.8 Å². The van der Waals surface area contributed by atoms with E-state index in [0.29, 0.717) is 23.9 Å². The molecule has 0 atom stereocenters. The summed E-state index contributed by atoms with van der Waals surface area (Å²) in [5.74, 6) is 2.56. The number of benzene rings is 1. The number of aromatic nitrogens is 3. The third kappa shape index (κ3) is 3.95. The van der Waals surface area contributed by atoms with E-state index in [4.69, 9.17) is 18.9 Å². The highest BCUT2D eigenvalue weighted by Crippen LogP contribution is 2.45. The fraction of sp³-hybridized carbons (Fsp3) is 0.409. The first-order valence-corrected chi connectivity index (χ1v) is 9.96. The number of hydrogen-bond donors (Lipinski definition) is 0. The van der Waals surface area contributed by atoms with Crippen molar-refractivity contribution in [3.63, 3.8) is 0 Å². The molecular formula is C22H26N4O4. The zero-order valence-electron chi connectivity index (χ0n) is 17.5. The van der Waals surface area contributed by atoms with Crippen LogP contribution in [0, 0.1) is 0 Å². The van der Waals surface area contributed by atoms with Crippen LogP contribution in [-0.2, 0) is 11.3 Å². The molecule has 8 nitrogen and oxygen atoms in total. The van der Waals surface area contributed by atoms with Crippen LogP contribution in [0.5, 0.6) is 17.2 Å². The Morgan fingerprint density at radius 3 is 2.47 bits per heavy atom. The molecule has 1 saturated heterocycles. The molecule has 0 N–H and O–H groups in total.